The van der Waals surface area contributed by atoms with Gasteiger partial charge in [-0.2, -0.15) is 0 Å². The summed E-state index contributed by atoms with van der Waals surface area (Å²) in [6.45, 7) is 1.98. The van der Waals surface area contributed by atoms with Crippen LogP contribution in [0.2, 0.25) is 10.0 Å². The van der Waals surface area contributed by atoms with Gasteiger partial charge in [0, 0.05) is 11.6 Å². The van der Waals surface area contributed by atoms with Crippen LogP contribution >= 0.6 is 23.2 Å². The Morgan fingerprint density at radius 2 is 1.81 bits per heavy atom. The molecule has 0 aromatic heterocycles. The minimum atomic E-state index is -3.53. The molecule has 0 aliphatic heterocycles. The van der Waals surface area contributed by atoms with Crippen LogP contribution in [0, 0.1) is 0 Å². The number of carbonyl (C=O) groups excluding carboxylic acids is 1. The molecule has 26 heavy (non-hydrogen) atoms. The monoisotopic (exact) mass is 416 g/mol. The van der Waals surface area contributed by atoms with Crippen LogP contribution in [-0.4, -0.2) is 27.5 Å². The van der Waals surface area contributed by atoms with Crippen LogP contribution in [0.15, 0.2) is 47.4 Å². The Morgan fingerprint density at radius 1 is 1.12 bits per heavy atom. The van der Waals surface area contributed by atoms with Crippen molar-refractivity contribution in [2.45, 2.75) is 18.2 Å². The molecule has 0 spiro atoms. The lowest BCUT2D eigenvalue weighted by Gasteiger charge is -2.10. The Hall–Kier alpha value is -1.80. The number of rotatable bonds is 8. The van der Waals surface area contributed by atoms with Gasteiger partial charge in [-0.25, -0.2) is 13.1 Å². The first-order chi connectivity index (χ1) is 12.3. The number of hydrogen-bond donors (Lipinski definition) is 2. The van der Waals surface area contributed by atoms with Crippen LogP contribution in [-0.2, 0) is 14.8 Å². The Labute approximate surface area is 162 Å². The van der Waals surface area contributed by atoms with Gasteiger partial charge in [0.2, 0.25) is 10.0 Å². The summed E-state index contributed by atoms with van der Waals surface area (Å²) in [7, 11) is -3.53. The summed E-state index contributed by atoms with van der Waals surface area (Å²) >= 11 is 11.8. The van der Waals surface area contributed by atoms with E-state index in [9.17, 15) is 13.2 Å². The molecular weight excluding hydrogens is 399 g/mol. The van der Waals surface area contributed by atoms with Gasteiger partial charge in [0.1, 0.15) is 5.75 Å². The number of sulfonamides is 1. The number of anilines is 1. The average molecular weight is 417 g/mol. The van der Waals surface area contributed by atoms with E-state index in [1.807, 2.05) is 6.92 Å². The van der Waals surface area contributed by atoms with Crippen molar-refractivity contribution in [1.82, 2.24) is 4.72 Å². The predicted molar refractivity (Wildman–Crippen MR) is 103 cm³/mol. The van der Waals surface area contributed by atoms with Crippen LogP contribution in [0.3, 0.4) is 0 Å². The predicted octanol–water partition coefficient (Wildman–Crippen LogP) is 3.70. The zero-order valence-electron chi connectivity index (χ0n) is 14.0. The van der Waals surface area contributed by atoms with Crippen molar-refractivity contribution in [1.29, 1.82) is 0 Å². The Balaban J connectivity index is 1.93. The number of nitrogens with one attached hydrogen (secondary N) is 2. The van der Waals surface area contributed by atoms with Crippen molar-refractivity contribution in [3.05, 3.63) is 52.5 Å². The summed E-state index contributed by atoms with van der Waals surface area (Å²) < 4.78 is 31.8. The molecule has 0 heterocycles. The number of amides is 1. The molecule has 0 unspecified atom stereocenters. The van der Waals surface area contributed by atoms with Gasteiger partial charge < -0.3 is 10.1 Å². The van der Waals surface area contributed by atoms with Crippen molar-refractivity contribution in [2.75, 3.05) is 18.5 Å². The number of hydrogen-bond acceptors (Lipinski definition) is 4. The number of ether oxygens (including phenoxy) is 1. The van der Waals surface area contributed by atoms with E-state index in [2.05, 4.69) is 10.0 Å². The molecule has 0 atom stereocenters. The molecule has 2 aromatic rings. The first-order valence-electron chi connectivity index (χ1n) is 7.79. The second-order valence-corrected chi connectivity index (χ2v) is 7.94. The SMILES string of the molecule is CCCNS(=O)(=O)c1ccc(OCC(=O)Nc2cc(Cl)ccc2Cl)cc1. The third-order valence-electron chi connectivity index (χ3n) is 3.25. The molecule has 140 valence electrons. The van der Waals surface area contributed by atoms with Crippen LogP contribution in [0.1, 0.15) is 13.3 Å². The maximum absolute atomic E-state index is 12.0. The minimum Gasteiger partial charge on any atom is -0.484 e. The lowest BCUT2D eigenvalue weighted by atomic mass is 10.3. The van der Waals surface area contributed by atoms with Crippen LogP contribution in [0.4, 0.5) is 5.69 Å². The van der Waals surface area contributed by atoms with Crippen molar-refractivity contribution < 1.29 is 17.9 Å². The largest absolute Gasteiger partial charge is 0.484 e. The van der Waals surface area contributed by atoms with Crippen molar-refractivity contribution >= 4 is 44.8 Å². The van der Waals surface area contributed by atoms with Gasteiger partial charge in [-0.15, -0.1) is 0 Å². The highest BCUT2D eigenvalue weighted by molar-refractivity contribution is 7.89. The zero-order valence-corrected chi connectivity index (χ0v) is 16.3. The third-order valence-corrected chi connectivity index (χ3v) is 5.29. The lowest BCUT2D eigenvalue weighted by molar-refractivity contribution is -0.118. The first kappa shape index (κ1) is 20.5. The van der Waals surface area contributed by atoms with E-state index in [0.717, 1.165) is 0 Å². The average Bonchev–Trinajstić information content (AvgIpc) is 2.62. The van der Waals surface area contributed by atoms with E-state index in [0.29, 0.717) is 34.4 Å². The standard InChI is InChI=1S/C17H18Cl2N2O4S/c1-2-9-20-26(23,24)14-6-4-13(5-7-14)25-11-17(22)21-16-10-12(18)3-8-15(16)19/h3-8,10,20H,2,9,11H2,1H3,(H,21,22). The van der Waals surface area contributed by atoms with Crippen LogP contribution in [0.5, 0.6) is 5.75 Å². The lowest BCUT2D eigenvalue weighted by Crippen LogP contribution is -2.24. The van der Waals surface area contributed by atoms with Gasteiger partial charge in [0.05, 0.1) is 15.6 Å². The molecule has 0 radical (unpaired) electrons. The van der Waals surface area contributed by atoms with E-state index >= 15 is 0 Å². The molecule has 9 heteroatoms. The van der Waals surface area contributed by atoms with Gasteiger partial charge in [-0.1, -0.05) is 30.1 Å². The summed E-state index contributed by atoms with van der Waals surface area (Å²) in [5, 5.41) is 3.40. The van der Waals surface area contributed by atoms with E-state index in [1.54, 1.807) is 12.1 Å². The topological polar surface area (TPSA) is 84.5 Å². The van der Waals surface area contributed by atoms with Crippen molar-refractivity contribution in [3.63, 3.8) is 0 Å². The summed E-state index contributed by atoms with van der Waals surface area (Å²) in [6.07, 6.45) is 0.701. The molecule has 1 amide bonds. The molecule has 0 saturated carbocycles. The maximum Gasteiger partial charge on any atom is 0.262 e. The summed E-state index contributed by atoms with van der Waals surface area (Å²) in [6, 6.07) is 10.5. The quantitative estimate of drug-likeness (QED) is 0.686. The molecule has 0 aliphatic rings. The third kappa shape index (κ3) is 5.88. The molecule has 0 saturated heterocycles. The second kappa shape index (κ2) is 9.23. The summed E-state index contributed by atoms with van der Waals surface area (Å²) in [5.41, 5.74) is 0.385. The van der Waals surface area contributed by atoms with Crippen LogP contribution in [0.25, 0.3) is 0 Å². The first-order valence-corrected chi connectivity index (χ1v) is 10.0. The van der Waals surface area contributed by atoms with Gasteiger partial charge >= 0.3 is 0 Å². The molecule has 0 fully saturated rings. The smallest absolute Gasteiger partial charge is 0.262 e. The van der Waals surface area contributed by atoms with Crippen LogP contribution < -0.4 is 14.8 Å². The number of benzene rings is 2. The fraction of sp³-hybridized carbons (Fsp3) is 0.235. The van der Waals surface area contributed by atoms with E-state index in [-0.39, 0.29) is 11.5 Å². The van der Waals surface area contributed by atoms with Crippen molar-refractivity contribution in [2.24, 2.45) is 0 Å². The molecule has 0 bridgehead atoms. The Morgan fingerprint density at radius 3 is 2.46 bits per heavy atom. The maximum atomic E-state index is 12.0. The zero-order chi connectivity index (χ0) is 19.2. The van der Waals surface area contributed by atoms with Gasteiger partial charge in [0.25, 0.3) is 5.91 Å². The molecular formula is C17H18Cl2N2O4S. The molecule has 2 N–H and O–H groups in total. The van der Waals surface area contributed by atoms with E-state index in [4.69, 9.17) is 27.9 Å². The van der Waals surface area contributed by atoms with Gasteiger partial charge in [-0.05, 0) is 48.9 Å². The Kier molecular flexibility index (Phi) is 7.28. The minimum absolute atomic E-state index is 0.133. The fourth-order valence-electron chi connectivity index (χ4n) is 1.96. The van der Waals surface area contributed by atoms with Gasteiger partial charge in [0.15, 0.2) is 6.61 Å². The van der Waals surface area contributed by atoms with E-state index in [1.165, 1.54) is 30.3 Å². The van der Waals surface area contributed by atoms with E-state index < -0.39 is 15.9 Å². The molecule has 2 aromatic carbocycles. The highest BCUT2D eigenvalue weighted by atomic mass is 35.5. The highest BCUT2D eigenvalue weighted by Crippen LogP contribution is 2.25. The summed E-state index contributed by atoms with van der Waals surface area (Å²) in [4.78, 5) is 12.1. The normalized spacial score (nSPS) is 11.2. The molecule has 0 aliphatic carbocycles. The second-order valence-electron chi connectivity index (χ2n) is 5.33. The molecule has 6 nitrogen and oxygen atoms in total. The molecule has 2 rings (SSSR count). The fourth-order valence-corrected chi connectivity index (χ4v) is 3.43. The highest BCUT2D eigenvalue weighted by Gasteiger charge is 2.13. The number of carbonyl (C=O) groups is 1. The Bertz CT molecular complexity index is 871. The summed E-state index contributed by atoms with van der Waals surface area (Å²) in [5.74, 6) is -0.0535. The number of halogens is 2. The van der Waals surface area contributed by atoms with Gasteiger partial charge in [-0.3, -0.25) is 4.79 Å². The van der Waals surface area contributed by atoms with Crippen molar-refractivity contribution in [3.8, 4) is 5.75 Å².